The number of ether oxygens (including phenoxy) is 1. The summed E-state index contributed by atoms with van der Waals surface area (Å²) in [6, 6.07) is 5.42. The van der Waals surface area contributed by atoms with E-state index >= 15 is 0 Å². The van der Waals surface area contributed by atoms with Gasteiger partial charge in [-0.05, 0) is 44.0 Å². The SMILES string of the molecule is CCC(C)Oc1ccc2nccc(C(=O)NCC(=O)N3CC(F)(F)CC3CCS(=O)(=O)F)c2c1.[HH]. The lowest BCUT2D eigenvalue weighted by atomic mass is 10.1. The Kier molecular flexibility index (Phi) is 7.69. The minimum absolute atomic E-state index is 0. The van der Waals surface area contributed by atoms with Crippen LogP contribution in [0.15, 0.2) is 30.5 Å². The molecule has 0 bridgehead atoms. The molecule has 34 heavy (non-hydrogen) atoms. The molecule has 2 unspecified atom stereocenters. The van der Waals surface area contributed by atoms with Gasteiger partial charge < -0.3 is 15.0 Å². The normalized spacial score (nSPS) is 18.6. The first-order valence-corrected chi connectivity index (χ1v) is 12.4. The maximum Gasteiger partial charge on any atom is 0.302 e. The second-order valence-corrected chi connectivity index (χ2v) is 9.81. The Morgan fingerprint density at radius 2 is 2.09 bits per heavy atom. The monoisotopic (exact) mass is 503 g/mol. The number of carbonyl (C=O) groups is 2. The fraction of sp³-hybridized carbons (Fsp3) is 0.500. The van der Waals surface area contributed by atoms with Gasteiger partial charge in [-0.2, -0.15) is 8.42 Å². The van der Waals surface area contributed by atoms with Crippen molar-refractivity contribution >= 4 is 32.9 Å². The molecule has 2 atom stereocenters. The highest BCUT2D eigenvalue weighted by Crippen LogP contribution is 2.34. The molecule has 1 aromatic heterocycles. The number of alkyl halides is 2. The van der Waals surface area contributed by atoms with Crippen LogP contribution in [-0.4, -0.2) is 67.0 Å². The van der Waals surface area contributed by atoms with Crippen molar-refractivity contribution in [1.29, 1.82) is 0 Å². The molecule has 12 heteroatoms. The van der Waals surface area contributed by atoms with Crippen LogP contribution in [0.1, 0.15) is 44.9 Å². The fourth-order valence-corrected chi connectivity index (χ4v) is 4.34. The number of nitrogens with one attached hydrogen (secondary N) is 1. The van der Waals surface area contributed by atoms with Crippen LogP contribution in [0.2, 0.25) is 0 Å². The third-order valence-corrected chi connectivity index (χ3v) is 6.39. The van der Waals surface area contributed by atoms with Crippen molar-refractivity contribution in [1.82, 2.24) is 15.2 Å². The van der Waals surface area contributed by atoms with E-state index in [-0.39, 0.29) is 13.1 Å². The van der Waals surface area contributed by atoms with E-state index in [1.807, 2.05) is 13.8 Å². The Hall–Kier alpha value is -2.89. The molecule has 2 heterocycles. The van der Waals surface area contributed by atoms with Gasteiger partial charge in [-0.3, -0.25) is 14.6 Å². The molecular formula is C22H28F3N3O5S. The summed E-state index contributed by atoms with van der Waals surface area (Å²) >= 11 is 0. The lowest BCUT2D eigenvalue weighted by Gasteiger charge is -2.23. The van der Waals surface area contributed by atoms with Crippen LogP contribution in [-0.2, 0) is 15.0 Å². The number of hydrogen-bond donors (Lipinski definition) is 1. The van der Waals surface area contributed by atoms with Gasteiger partial charge in [0.05, 0.1) is 36.0 Å². The molecule has 0 radical (unpaired) electrons. The minimum Gasteiger partial charge on any atom is -0.491 e. The van der Waals surface area contributed by atoms with Crippen molar-refractivity contribution in [3.8, 4) is 5.75 Å². The number of likely N-dealkylation sites (tertiary alicyclic amines) is 1. The number of pyridine rings is 1. The molecule has 1 aliphatic heterocycles. The van der Waals surface area contributed by atoms with Gasteiger partial charge in [-0.25, -0.2) is 8.78 Å². The highest BCUT2D eigenvalue weighted by atomic mass is 32.3. The van der Waals surface area contributed by atoms with Crippen molar-refractivity contribution in [3.05, 3.63) is 36.0 Å². The quantitative estimate of drug-likeness (QED) is 0.527. The van der Waals surface area contributed by atoms with Crippen LogP contribution in [0.4, 0.5) is 12.7 Å². The first-order valence-electron chi connectivity index (χ1n) is 10.8. The predicted molar refractivity (Wildman–Crippen MR) is 121 cm³/mol. The van der Waals surface area contributed by atoms with Crippen molar-refractivity contribution < 1.29 is 36.8 Å². The highest BCUT2D eigenvalue weighted by Gasteiger charge is 2.46. The Morgan fingerprint density at radius 3 is 2.76 bits per heavy atom. The number of carbonyl (C=O) groups excluding carboxylic acids is 2. The summed E-state index contributed by atoms with van der Waals surface area (Å²) in [5.41, 5.74) is 0.751. The van der Waals surface area contributed by atoms with Crippen LogP contribution in [0.25, 0.3) is 10.9 Å². The van der Waals surface area contributed by atoms with Crippen molar-refractivity contribution in [3.63, 3.8) is 0 Å². The Balaban J connectivity index is 0.00000432. The van der Waals surface area contributed by atoms with Crippen molar-refractivity contribution in [2.75, 3.05) is 18.8 Å². The maximum absolute atomic E-state index is 13.9. The van der Waals surface area contributed by atoms with Gasteiger partial charge in [-0.1, -0.05) is 6.92 Å². The summed E-state index contributed by atoms with van der Waals surface area (Å²) in [5.74, 6) is -5.07. The largest absolute Gasteiger partial charge is 0.491 e. The Morgan fingerprint density at radius 1 is 1.35 bits per heavy atom. The van der Waals surface area contributed by atoms with Gasteiger partial charge in [0.2, 0.25) is 5.91 Å². The van der Waals surface area contributed by atoms with E-state index in [1.54, 1.807) is 18.2 Å². The van der Waals surface area contributed by atoms with E-state index in [0.717, 1.165) is 11.3 Å². The second-order valence-electron chi connectivity index (χ2n) is 8.32. The van der Waals surface area contributed by atoms with Crippen LogP contribution < -0.4 is 10.1 Å². The predicted octanol–water partition coefficient (Wildman–Crippen LogP) is 3.31. The minimum atomic E-state index is -4.86. The smallest absolute Gasteiger partial charge is 0.302 e. The van der Waals surface area contributed by atoms with Gasteiger partial charge in [0.25, 0.3) is 11.8 Å². The molecule has 1 fully saturated rings. The summed E-state index contributed by atoms with van der Waals surface area (Å²) < 4.78 is 68.0. The lowest BCUT2D eigenvalue weighted by Crippen LogP contribution is -2.43. The van der Waals surface area contributed by atoms with Gasteiger partial charge >= 0.3 is 10.2 Å². The third-order valence-electron chi connectivity index (χ3n) is 5.66. The number of rotatable bonds is 9. The number of benzene rings is 1. The molecule has 1 aliphatic rings. The van der Waals surface area contributed by atoms with Crippen LogP contribution >= 0.6 is 0 Å². The van der Waals surface area contributed by atoms with Crippen LogP contribution in [0, 0.1) is 0 Å². The van der Waals surface area contributed by atoms with Crippen molar-refractivity contribution in [2.24, 2.45) is 0 Å². The zero-order valence-corrected chi connectivity index (χ0v) is 19.6. The first-order chi connectivity index (χ1) is 15.9. The number of hydrogen-bond acceptors (Lipinski definition) is 6. The van der Waals surface area contributed by atoms with Gasteiger partial charge in [0.1, 0.15) is 5.75 Å². The van der Waals surface area contributed by atoms with Gasteiger partial charge in [0.15, 0.2) is 0 Å². The molecular weight excluding hydrogens is 475 g/mol. The average Bonchev–Trinajstić information content (AvgIpc) is 3.09. The average molecular weight is 504 g/mol. The zero-order chi connectivity index (χ0) is 25.1. The number of fused-ring (bicyclic) bond motifs is 1. The summed E-state index contributed by atoms with van der Waals surface area (Å²) in [6.45, 7) is 2.37. The standard InChI is InChI=1S/C22H26F3N3O5S.H2/c1-3-14(2)33-16-4-5-19-18(10-16)17(6-8-26-19)21(30)27-12-20(29)28-13-22(23,24)11-15(28)7-9-34(25,31)32;/h4-6,8,10,14-15H,3,7,9,11-13H2,1-2H3,(H,27,30);1H. The molecule has 8 nitrogen and oxygen atoms in total. The lowest BCUT2D eigenvalue weighted by molar-refractivity contribution is -0.132. The highest BCUT2D eigenvalue weighted by molar-refractivity contribution is 7.86. The van der Waals surface area contributed by atoms with E-state index in [9.17, 15) is 30.7 Å². The molecule has 2 amide bonds. The Bertz CT molecular complexity index is 1180. The van der Waals surface area contributed by atoms with Crippen LogP contribution in [0.3, 0.4) is 0 Å². The molecule has 2 aromatic rings. The topological polar surface area (TPSA) is 106 Å². The summed E-state index contributed by atoms with van der Waals surface area (Å²) in [5, 5.41) is 2.92. The van der Waals surface area contributed by atoms with E-state index in [2.05, 4.69) is 10.3 Å². The fourth-order valence-electron chi connectivity index (χ4n) is 3.79. The summed E-state index contributed by atoms with van der Waals surface area (Å²) in [4.78, 5) is 30.4. The van der Waals surface area contributed by atoms with Gasteiger partial charge in [-0.15, -0.1) is 3.89 Å². The Labute approximate surface area is 197 Å². The molecule has 188 valence electrons. The molecule has 0 saturated carbocycles. The molecule has 1 N–H and O–H groups in total. The molecule has 1 aromatic carbocycles. The number of halogens is 3. The van der Waals surface area contributed by atoms with Crippen molar-refractivity contribution in [2.45, 2.75) is 51.2 Å². The third kappa shape index (κ3) is 6.58. The van der Waals surface area contributed by atoms with E-state index in [1.165, 1.54) is 12.3 Å². The summed E-state index contributed by atoms with van der Waals surface area (Å²) in [6.07, 6.45) is 0.956. The van der Waals surface area contributed by atoms with Gasteiger partial charge in [0, 0.05) is 25.5 Å². The summed E-state index contributed by atoms with van der Waals surface area (Å²) in [7, 11) is -4.86. The number of amides is 2. The van der Waals surface area contributed by atoms with Crippen LogP contribution in [0.5, 0.6) is 5.75 Å². The molecule has 0 aliphatic carbocycles. The number of aromatic nitrogens is 1. The second kappa shape index (κ2) is 10.2. The number of nitrogens with zero attached hydrogens (tertiary/aromatic N) is 2. The first kappa shape index (κ1) is 25.7. The zero-order valence-electron chi connectivity index (χ0n) is 18.8. The van der Waals surface area contributed by atoms with E-state index in [4.69, 9.17) is 4.74 Å². The van der Waals surface area contributed by atoms with E-state index in [0.29, 0.717) is 16.7 Å². The van der Waals surface area contributed by atoms with E-state index < -0.39 is 65.7 Å². The molecule has 1 saturated heterocycles. The maximum atomic E-state index is 13.9. The molecule has 0 spiro atoms. The molecule has 3 rings (SSSR count).